The first-order chi connectivity index (χ1) is 11.3. The lowest BCUT2D eigenvalue weighted by Crippen LogP contribution is -2.70. The molecule has 3 atom stereocenters. The van der Waals surface area contributed by atoms with Crippen LogP contribution in [0.5, 0.6) is 5.75 Å². The highest BCUT2D eigenvalue weighted by molar-refractivity contribution is 8.01. The molecule has 2 amide bonds. The number of aliphatic carboxylic acids is 1. The Labute approximate surface area is 143 Å². The summed E-state index contributed by atoms with van der Waals surface area (Å²) in [6, 6.07) is 7.31. The number of carboxylic acids is 1. The highest BCUT2D eigenvalue weighted by Gasteiger charge is 2.64. The second kappa shape index (κ2) is 6.01. The largest absolute Gasteiger partial charge is 0.484 e. The third kappa shape index (κ3) is 2.82. The number of amides is 2. The Kier molecular flexibility index (Phi) is 4.16. The topological polar surface area (TPSA) is 95.9 Å². The van der Waals surface area contributed by atoms with Crippen molar-refractivity contribution < 1.29 is 24.2 Å². The molecule has 0 spiro atoms. The van der Waals surface area contributed by atoms with Crippen molar-refractivity contribution in [3.8, 4) is 5.75 Å². The molecule has 2 aliphatic heterocycles. The van der Waals surface area contributed by atoms with Crippen molar-refractivity contribution >= 4 is 29.5 Å². The van der Waals surface area contributed by atoms with Gasteiger partial charge in [0.2, 0.25) is 5.91 Å². The van der Waals surface area contributed by atoms with Gasteiger partial charge in [0.05, 0.1) is 0 Å². The fourth-order valence-electron chi connectivity index (χ4n) is 3.03. The first-order valence-corrected chi connectivity index (χ1v) is 8.39. The highest BCUT2D eigenvalue weighted by Crippen LogP contribution is 2.50. The molecule has 3 rings (SSSR count). The Morgan fingerprint density at radius 3 is 2.62 bits per heavy atom. The number of nitrogens with zero attached hydrogens (tertiary/aromatic N) is 1. The van der Waals surface area contributed by atoms with E-state index in [1.165, 1.54) is 16.7 Å². The zero-order valence-corrected chi connectivity index (χ0v) is 14.1. The first kappa shape index (κ1) is 16.6. The molecule has 1 aromatic rings. The minimum absolute atomic E-state index is 0.197. The van der Waals surface area contributed by atoms with E-state index >= 15 is 0 Å². The summed E-state index contributed by atoms with van der Waals surface area (Å²) in [5.41, 5.74) is 0. The Bertz CT molecular complexity index is 678. The van der Waals surface area contributed by atoms with Crippen LogP contribution in [0.3, 0.4) is 0 Å². The number of nitrogens with one attached hydrogen (secondary N) is 1. The maximum atomic E-state index is 12.2. The summed E-state index contributed by atoms with van der Waals surface area (Å²) in [7, 11) is 0. The van der Waals surface area contributed by atoms with Crippen LogP contribution in [0.4, 0.5) is 0 Å². The molecule has 0 bridgehead atoms. The van der Waals surface area contributed by atoms with Gasteiger partial charge in [0.25, 0.3) is 5.91 Å². The molecule has 0 radical (unpaired) electrons. The van der Waals surface area contributed by atoms with Gasteiger partial charge in [0, 0.05) is 4.75 Å². The first-order valence-electron chi connectivity index (χ1n) is 7.51. The monoisotopic (exact) mass is 356 g/mol. The Hall–Kier alpha value is -2.22. The van der Waals surface area contributed by atoms with Crippen LogP contribution in [0.15, 0.2) is 30.3 Å². The molecule has 0 unspecified atom stereocenters. The van der Waals surface area contributed by atoms with E-state index in [2.05, 4.69) is 5.32 Å². The average molecular weight is 356 g/mol. The maximum Gasteiger partial charge on any atom is 0.327 e. The molecule has 8 heteroatoms. The van der Waals surface area contributed by atoms with Crippen molar-refractivity contribution in [1.29, 1.82) is 0 Å². The summed E-state index contributed by atoms with van der Waals surface area (Å²) < 4.78 is 4.74. The van der Waals surface area contributed by atoms with Gasteiger partial charge >= 0.3 is 5.97 Å². The van der Waals surface area contributed by atoms with Crippen LogP contribution in [-0.4, -0.2) is 56.6 Å². The zero-order valence-electron chi connectivity index (χ0n) is 13.3. The Morgan fingerprint density at radius 1 is 1.33 bits per heavy atom. The molecular weight excluding hydrogens is 338 g/mol. The summed E-state index contributed by atoms with van der Waals surface area (Å²) in [5, 5.41) is 11.6. The van der Waals surface area contributed by atoms with Gasteiger partial charge in [-0.1, -0.05) is 18.2 Å². The van der Waals surface area contributed by atoms with Gasteiger partial charge in [-0.3, -0.25) is 9.59 Å². The van der Waals surface area contributed by atoms with E-state index < -0.39 is 28.7 Å². The van der Waals surface area contributed by atoms with Crippen molar-refractivity contribution in [2.75, 3.05) is 6.61 Å². The molecule has 2 saturated heterocycles. The number of para-hydroxylation sites is 1. The number of carboxylic acid groups (broad SMARTS) is 1. The molecule has 7 nitrogen and oxygen atoms in total. The number of fused-ring (bicyclic) bond motifs is 1. The predicted octanol–water partition coefficient (Wildman–Crippen LogP) is 0.697. The maximum absolute atomic E-state index is 12.2. The van der Waals surface area contributed by atoms with Crippen molar-refractivity contribution in [1.82, 2.24) is 10.2 Å². The van der Waals surface area contributed by atoms with Crippen LogP contribution in [0.25, 0.3) is 0 Å². The molecule has 128 valence electrons. The quantitative estimate of drug-likeness (QED) is 0.754. The molecular formula is C16H18N2O5S. The van der Waals surface area contributed by atoms with Gasteiger partial charge < -0.3 is 20.1 Å². The molecule has 2 heterocycles. The number of benzene rings is 1. The van der Waals surface area contributed by atoms with Crippen LogP contribution in [0.2, 0.25) is 0 Å². The molecule has 0 saturated carbocycles. The minimum atomic E-state index is -1.03. The van der Waals surface area contributed by atoms with Crippen LogP contribution in [0, 0.1) is 0 Å². The van der Waals surface area contributed by atoms with Crippen molar-refractivity contribution in [2.45, 2.75) is 36.1 Å². The molecule has 0 aromatic heterocycles. The van der Waals surface area contributed by atoms with Gasteiger partial charge in [0.15, 0.2) is 6.61 Å². The summed E-state index contributed by atoms with van der Waals surface area (Å²) in [5.74, 6) is -1.23. The zero-order chi connectivity index (χ0) is 17.5. The lowest BCUT2D eigenvalue weighted by Gasteiger charge is -2.43. The van der Waals surface area contributed by atoms with E-state index in [0.29, 0.717) is 5.75 Å². The third-order valence-corrected chi connectivity index (χ3v) is 5.68. The van der Waals surface area contributed by atoms with E-state index in [1.807, 2.05) is 6.07 Å². The van der Waals surface area contributed by atoms with E-state index in [1.54, 1.807) is 38.1 Å². The molecule has 2 N–H and O–H groups in total. The number of hydrogen-bond donors (Lipinski definition) is 2. The van der Waals surface area contributed by atoms with Crippen LogP contribution < -0.4 is 10.1 Å². The molecule has 0 aliphatic carbocycles. The fourth-order valence-corrected chi connectivity index (χ4v) is 4.65. The number of thioether (sulfide) groups is 1. The van der Waals surface area contributed by atoms with Gasteiger partial charge in [-0.25, -0.2) is 4.79 Å². The smallest absolute Gasteiger partial charge is 0.327 e. The van der Waals surface area contributed by atoms with Crippen LogP contribution in [0.1, 0.15) is 13.8 Å². The second-order valence-corrected chi connectivity index (χ2v) is 8.02. The predicted molar refractivity (Wildman–Crippen MR) is 87.6 cm³/mol. The van der Waals surface area contributed by atoms with Crippen LogP contribution >= 0.6 is 11.8 Å². The summed E-state index contributed by atoms with van der Waals surface area (Å²) in [4.78, 5) is 37.0. The van der Waals surface area contributed by atoms with Crippen molar-refractivity contribution in [3.05, 3.63) is 30.3 Å². The Balaban J connectivity index is 1.59. The molecule has 2 fully saturated rings. The molecule has 2 aliphatic rings. The second-order valence-electron chi connectivity index (χ2n) is 6.25. The van der Waals surface area contributed by atoms with E-state index in [0.717, 1.165) is 0 Å². The standard InChI is InChI=1S/C16H18N2O5S/c1-16(2)12(15(21)22)18-13(20)11(14(18)24-16)17-10(19)8-23-9-6-4-3-5-7-9/h3-7,11-12,14H,8H2,1-2H3,(H,17,19)(H,21,22)/t11-,12+,14-/m1/s1/i3+1,4+1,5+1,6+1,7+1,9+1. The van der Waals surface area contributed by atoms with E-state index in [4.69, 9.17) is 4.74 Å². The number of carbonyl (C=O) groups excluding carboxylic acids is 2. The number of ether oxygens (including phenoxy) is 1. The SMILES string of the molecule is CC1(C)S[C@@H]2[C@H](NC(=O)CO[13c]3[13cH][13cH][13cH][13cH][13cH]3)C(=O)N2[C@H]1C(=O)O. The van der Waals surface area contributed by atoms with Crippen molar-refractivity contribution in [3.63, 3.8) is 0 Å². The van der Waals surface area contributed by atoms with Crippen molar-refractivity contribution in [2.24, 2.45) is 0 Å². The number of carbonyl (C=O) groups is 3. The highest BCUT2D eigenvalue weighted by atomic mass is 32.2. The summed E-state index contributed by atoms with van der Waals surface area (Å²) in [6.07, 6.45) is 0. The number of β-lactam (4-membered cyclic amide) rings is 1. The summed E-state index contributed by atoms with van der Waals surface area (Å²) in [6.45, 7) is 3.38. The summed E-state index contributed by atoms with van der Waals surface area (Å²) >= 11 is 1.39. The van der Waals surface area contributed by atoms with E-state index in [-0.39, 0.29) is 17.9 Å². The molecule has 1 aromatic carbocycles. The van der Waals surface area contributed by atoms with Gasteiger partial charge in [-0.2, -0.15) is 0 Å². The minimum Gasteiger partial charge on any atom is -0.484 e. The fraction of sp³-hybridized carbons (Fsp3) is 0.438. The normalized spacial score (nSPS) is 27.2. The van der Waals surface area contributed by atoms with E-state index in [9.17, 15) is 19.5 Å². The van der Waals surface area contributed by atoms with Gasteiger partial charge in [0.1, 0.15) is 23.2 Å². The van der Waals surface area contributed by atoms with Gasteiger partial charge in [-0.15, -0.1) is 11.8 Å². The number of rotatable bonds is 5. The molecule has 24 heavy (non-hydrogen) atoms. The lowest BCUT2D eigenvalue weighted by molar-refractivity contribution is -0.161. The number of hydrogen-bond acceptors (Lipinski definition) is 5. The Morgan fingerprint density at radius 2 is 2.00 bits per heavy atom. The van der Waals surface area contributed by atoms with Gasteiger partial charge in [-0.05, 0) is 26.0 Å². The lowest BCUT2D eigenvalue weighted by atomic mass is 9.96. The third-order valence-electron chi connectivity index (χ3n) is 4.10. The van der Waals surface area contributed by atoms with Crippen LogP contribution in [-0.2, 0) is 14.4 Å². The average Bonchev–Trinajstić information content (AvgIpc) is 2.80.